The molecular formula is C16H21N3O2. The Balaban J connectivity index is 1.68. The molecule has 0 spiro atoms. The van der Waals surface area contributed by atoms with Gasteiger partial charge in [0.25, 0.3) is 0 Å². The summed E-state index contributed by atoms with van der Waals surface area (Å²) < 4.78 is 0. The molecule has 0 radical (unpaired) electrons. The number of hydrogen-bond acceptors (Lipinski definition) is 3. The predicted molar refractivity (Wildman–Crippen MR) is 79.6 cm³/mol. The van der Waals surface area contributed by atoms with Crippen molar-refractivity contribution in [2.45, 2.75) is 24.8 Å². The third kappa shape index (κ3) is 2.93. The Morgan fingerprint density at radius 3 is 2.52 bits per heavy atom. The first-order valence-corrected chi connectivity index (χ1v) is 7.54. The van der Waals surface area contributed by atoms with E-state index >= 15 is 0 Å². The van der Waals surface area contributed by atoms with E-state index in [0.717, 1.165) is 18.4 Å². The van der Waals surface area contributed by atoms with Gasteiger partial charge in [-0.2, -0.15) is 0 Å². The van der Waals surface area contributed by atoms with Gasteiger partial charge in [-0.1, -0.05) is 30.3 Å². The fourth-order valence-corrected chi connectivity index (χ4v) is 2.93. The van der Waals surface area contributed by atoms with Gasteiger partial charge in [0, 0.05) is 25.7 Å². The third-order valence-electron chi connectivity index (χ3n) is 4.29. The molecule has 2 N–H and O–H groups in total. The number of nitrogens with two attached hydrogens (primary N) is 1. The molecular weight excluding hydrogens is 266 g/mol. The van der Waals surface area contributed by atoms with E-state index in [1.165, 1.54) is 0 Å². The van der Waals surface area contributed by atoms with Crippen molar-refractivity contribution in [1.29, 1.82) is 0 Å². The molecule has 1 saturated heterocycles. The topological polar surface area (TPSA) is 66.6 Å². The first kappa shape index (κ1) is 14.1. The van der Waals surface area contributed by atoms with Crippen LogP contribution in [0.1, 0.15) is 24.3 Å². The Hall–Kier alpha value is -1.88. The summed E-state index contributed by atoms with van der Waals surface area (Å²) in [5.74, 6) is -0.320. The van der Waals surface area contributed by atoms with Crippen molar-refractivity contribution in [1.82, 2.24) is 9.80 Å². The van der Waals surface area contributed by atoms with Gasteiger partial charge >= 0.3 is 0 Å². The van der Waals surface area contributed by atoms with E-state index in [4.69, 9.17) is 5.73 Å². The van der Waals surface area contributed by atoms with Crippen LogP contribution in [-0.4, -0.2) is 53.8 Å². The van der Waals surface area contributed by atoms with E-state index in [-0.39, 0.29) is 30.8 Å². The molecule has 2 amide bonds. The molecule has 0 bridgehead atoms. The van der Waals surface area contributed by atoms with Crippen molar-refractivity contribution in [3.05, 3.63) is 35.9 Å². The van der Waals surface area contributed by atoms with Gasteiger partial charge < -0.3 is 15.5 Å². The first-order chi connectivity index (χ1) is 10.2. The normalized spacial score (nSPS) is 20.5. The molecule has 1 aromatic carbocycles. The lowest BCUT2D eigenvalue weighted by Crippen LogP contribution is -2.54. The van der Waals surface area contributed by atoms with Gasteiger partial charge in [-0.15, -0.1) is 0 Å². The number of rotatable bonds is 4. The highest BCUT2D eigenvalue weighted by molar-refractivity contribution is 5.89. The van der Waals surface area contributed by atoms with Crippen molar-refractivity contribution in [2.24, 2.45) is 5.73 Å². The molecule has 2 fully saturated rings. The van der Waals surface area contributed by atoms with E-state index in [0.29, 0.717) is 19.1 Å². The van der Waals surface area contributed by atoms with E-state index in [2.05, 4.69) is 0 Å². The summed E-state index contributed by atoms with van der Waals surface area (Å²) in [6, 6.07) is 9.98. The van der Waals surface area contributed by atoms with Crippen molar-refractivity contribution in [2.75, 3.05) is 26.2 Å². The lowest BCUT2D eigenvalue weighted by Gasteiger charge is -2.36. The Morgan fingerprint density at radius 2 is 1.95 bits per heavy atom. The van der Waals surface area contributed by atoms with Crippen LogP contribution < -0.4 is 5.73 Å². The first-order valence-electron chi connectivity index (χ1n) is 7.54. The van der Waals surface area contributed by atoms with Crippen LogP contribution in [0.3, 0.4) is 0 Å². The standard InChI is InChI=1S/C16H21N3O2/c17-10-14(12-4-2-1-3-5-12)16(21)18-8-9-19(13-6-7-13)15(20)11-18/h1-5,13-14H,6-11,17H2. The van der Waals surface area contributed by atoms with E-state index in [1.807, 2.05) is 35.2 Å². The average molecular weight is 287 g/mol. The zero-order valence-electron chi connectivity index (χ0n) is 12.1. The minimum absolute atomic E-state index is 0.0347. The largest absolute Gasteiger partial charge is 0.336 e. The lowest BCUT2D eigenvalue weighted by atomic mass is 9.97. The number of carbonyl (C=O) groups is 2. The van der Waals surface area contributed by atoms with Crippen LogP contribution in [0.2, 0.25) is 0 Å². The molecule has 1 heterocycles. The van der Waals surface area contributed by atoms with Gasteiger partial charge in [0.15, 0.2) is 0 Å². The Bertz CT molecular complexity index is 528. The highest BCUT2D eigenvalue weighted by Crippen LogP contribution is 2.28. The van der Waals surface area contributed by atoms with Gasteiger partial charge in [0.1, 0.15) is 0 Å². The molecule has 1 aromatic rings. The summed E-state index contributed by atoms with van der Waals surface area (Å²) in [6.07, 6.45) is 2.21. The SMILES string of the molecule is NCC(C(=O)N1CCN(C2CC2)C(=O)C1)c1ccccc1. The van der Waals surface area contributed by atoms with E-state index < -0.39 is 0 Å². The molecule has 5 nitrogen and oxygen atoms in total. The molecule has 112 valence electrons. The maximum Gasteiger partial charge on any atom is 0.242 e. The predicted octanol–water partition coefficient (Wildman–Crippen LogP) is 0.562. The molecule has 1 atom stereocenters. The van der Waals surface area contributed by atoms with Crippen LogP contribution in [0.5, 0.6) is 0 Å². The quantitative estimate of drug-likeness (QED) is 0.880. The fourth-order valence-electron chi connectivity index (χ4n) is 2.93. The van der Waals surface area contributed by atoms with Gasteiger partial charge in [-0.25, -0.2) is 0 Å². The lowest BCUT2D eigenvalue weighted by molar-refractivity contribution is -0.146. The van der Waals surface area contributed by atoms with Gasteiger partial charge in [0.05, 0.1) is 12.5 Å². The number of amides is 2. The Morgan fingerprint density at radius 1 is 1.24 bits per heavy atom. The zero-order chi connectivity index (χ0) is 14.8. The van der Waals surface area contributed by atoms with Gasteiger partial charge in [0.2, 0.25) is 11.8 Å². The maximum atomic E-state index is 12.6. The minimum atomic E-state index is -0.355. The summed E-state index contributed by atoms with van der Waals surface area (Å²) in [4.78, 5) is 28.4. The molecule has 5 heteroatoms. The maximum absolute atomic E-state index is 12.6. The molecule has 1 aliphatic heterocycles. The summed E-state index contributed by atoms with van der Waals surface area (Å²) >= 11 is 0. The average Bonchev–Trinajstić information content (AvgIpc) is 3.33. The minimum Gasteiger partial charge on any atom is -0.336 e. The Kier molecular flexibility index (Phi) is 3.92. The van der Waals surface area contributed by atoms with Crippen molar-refractivity contribution in [3.8, 4) is 0 Å². The third-order valence-corrected chi connectivity index (χ3v) is 4.29. The summed E-state index contributed by atoms with van der Waals surface area (Å²) in [6.45, 7) is 1.73. The van der Waals surface area contributed by atoms with Crippen molar-refractivity contribution in [3.63, 3.8) is 0 Å². The van der Waals surface area contributed by atoms with Crippen LogP contribution in [0, 0.1) is 0 Å². The highest BCUT2D eigenvalue weighted by atomic mass is 16.2. The van der Waals surface area contributed by atoms with Crippen molar-refractivity contribution >= 4 is 11.8 Å². The van der Waals surface area contributed by atoms with Crippen LogP contribution in [0.25, 0.3) is 0 Å². The Labute approximate surface area is 124 Å². The number of hydrogen-bond donors (Lipinski definition) is 1. The second kappa shape index (κ2) is 5.85. The van der Waals surface area contributed by atoms with E-state index in [1.54, 1.807) is 4.90 Å². The number of piperazine rings is 1. The van der Waals surface area contributed by atoms with Gasteiger partial charge in [-0.3, -0.25) is 9.59 Å². The number of nitrogens with zero attached hydrogens (tertiary/aromatic N) is 2. The van der Waals surface area contributed by atoms with E-state index in [9.17, 15) is 9.59 Å². The van der Waals surface area contributed by atoms with Crippen LogP contribution >= 0.6 is 0 Å². The second-order valence-corrected chi connectivity index (χ2v) is 5.78. The second-order valence-electron chi connectivity index (χ2n) is 5.78. The zero-order valence-corrected chi connectivity index (χ0v) is 12.1. The smallest absolute Gasteiger partial charge is 0.242 e. The molecule has 0 aromatic heterocycles. The molecule has 1 saturated carbocycles. The van der Waals surface area contributed by atoms with Gasteiger partial charge in [-0.05, 0) is 18.4 Å². The number of benzene rings is 1. The molecule has 1 aliphatic carbocycles. The molecule has 3 rings (SSSR count). The monoisotopic (exact) mass is 287 g/mol. The highest BCUT2D eigenvalue weighted by Gasteiger charge is 2.37. The molecule has 2 aliphatic rings. The van der Waals surface area contributed by atoms with Crippen molar-refractivity contribution < 1.29 is 9.59 Å². The summed E-state index contributed by atoms with van der Waals surface area (Å²) in [7, 11) is 0. The van der Waals surface area contributed by atoms with Crippen LogP contribution in [0.15, 0.2) is 30.3 Å². The number of carbonyl (C=O) groups excluding carboxylic acids is 2. The van der Waals surface area contributed by atoms with Crippen LogP contribution in [0.4, 0.5) is 0 Å². The van der Waals surface area contributed by atoms with Crippen LogP contribution in [-0.2, 0) is 9.59 Å². The molecule has 1 unspecified atom stereocenters. The molecule has 21 heavy (non-hydrogen) atoms. The summed E-state index contributed by atoms with van der Waals surface area (Å²) in [5, 5.41) is 0. The fraction of sp³-hybridized carbons (Fsp3) is 0.500. The summed E-state index contributed by atoms with van der Waals surface area (Å²) in [5.41, 5.74) is 6.71.